The lowest BCUT2D eigenvalue weighted by Gasteiger charge is -2.44. The van der Waals surface area contributed by atoms with Crippen LogP contribution in [-0.2, 0) is 25.1 Å². The Kier molecular flexibility index (Phi) is 3.73. The van der Waals surface area contributed by atoms with E-state index in [1.807, 2.05) is 0 Å². The molecule has 1 amide bonds. The lowest BCUT2D eigenvalue weighted by Crippen LogP contribution is -2.66. The number of hydrogen-bond acceptors (Lipinski definition) is 5. The molecular weight excluding hydrogens is 294 g/mol. The normalized spacial score (nSPS) is 36.0. The molecule has 21 heavy (non-hydrogen) atoms. The summed E-state index contributed by atoms with van der Waals surface area (Å²) >= 11 is 0. The van der Waals surface area contributed by atoms with Crippen molar-refractivity contribution in [3.8, 4) is 0 Å². The lowest BCUT2D eigenvalue weighted by atomic mass is 9.88. The highest BCUT2D eigenvalue weighted by Crippen LogP contribution is 2.47. The molecule has 2 saturated heterocycles. The minimum atomic E-state index is -1.43. The molecule has 0 radical (unpaired) electrons. The van der Waals surface area contributed by atoms with Crippen molar-refractivity contribution in [1.82, 2.24) is 4.90 Å². The molecular formula is C14H23NO5S. The topological polar surface area (TPSA) is 83.9 Å². The summed E-state index contributed by atoms with van der Waals surface area (Å²) in [5, 5.41) is 9.08. The molecule has 6 nitrogen and oxygen atoms in total. The molecule has 0 aromatic carbocycles. The first-order chi connectivity index (χ1) is 9.39. The maximum Gasteiger partial charge on any atom is 0.330 e. The zero-order valence-electron chi connectivity index (χ0n) is 13.2. The van der Waals surface area contributed by atoms with Crippen molar-refractivity contribution in [3.63, 3.8) is 0 Å². The van der Waals surface area contributed by atoms with Gasteiger partial charge < -0.3 is 14.7 Å². The van der Waals surface area contributed by atoms with E-state index in [0.717, 1.165) is 0 Å². The van der Waals surface area contributed by atoms with Crippen molar-refractivity contribution < 1.29 is 23.6 Å². The SMILES string of the molecule is C[C@@H](O)[C@@H]1C(=O)N2[C@@H]1S(=O)C(C)(C)[C@@H]2C(=O)OC(C)(C)C. The van der Waals surface area contributed by atoms with Crippen molar-refractivity contribution in [1.29, 1.82) is 0 Å². The van der Waals surface area contributed by atoms with Crippen LogP contribution in [0.1, 0.15) is 41.5 Å². The van der Waals surface area contributed by atoms with Crippen LogP contribution in [-0.4, -0.2) is 54.0 Å². The van der Waals surface area contributed by atoms with Crippen LogP contribution < -0.4 is 0 Å². The molecule has 2 rings (SSSR count). The van der Waals surface area contributed by atoms with E-state index in [4.69, 9.17) is 4.74 Å². The Balaban J connectivity index is 2.33. The van der Waals surface area contributed by atoms with Crippen molar-refractivity contribution in [2.75, 3.05) is 0 Å². The first kappa shape index (κ1) is 16.4. The third kappa shape index (κ3) is 2.40. The molecule has 0 aromatic rings. The molecule has 2 aliphatic heterocycles. The summed E-state index contributed by atoms with van der Waals surface area (Å²) < 4.78 is 17.1. The van der Waals surface area contributed by atoms with E-state index >= 15 is 0 Å². The Morgan fingerprint density at radius 3 is 2.38 bits per heavy atom. The van der Waals surface area contributed by atoms with E-state index in [1.165, 1.54) is 11.8 Å². The molecule has 0 aliphatic carbocycles. The van der Waals surface area contributed by atoms with Crippen LogP contribution in [0.2, 0.25) is 0 Å². The summed E-state index contributed by atoms with van der Waals surface area (Å²) in [7, 11) is -1.43. The number of carbonyl (C=O) groups excluding carboxylic acids is 2. The summed E-state index contributed by atoms with van der Waals surface area (Å²) in [5.74, 6) is -1.57. The van der Waals surface area contributed by atoms with Gasteiger partial charge >= 0.3 is 5.97 Å². The maximum atomic E-state index is 12.6. The van der Waals surface area contributed by atoms with Crippen LogP contribution >= 0.6 is 0 Å². The van der Waals surface area contributed by atoms with Gasteiger partial charge in [-0.05, 0) is 41.5 Å². The van der Waals surface area contributed by atoms with E-state index in [9.17, 15) is 18.9 Å². The smallest absolute Gasteiger partial charge is 0.330 e. The number of carbonyl (C=O) groups is 2. The fourth-order valence-corrected chi connectivity index (χ4v) is 5.07. The number of aliphatic hydroxyl groups excluding tert-OH is 1. The molecule has 2 heterocycles. The van der Waals surface area contributed by atoms with Gasteiger partial charge in [0.15, 0.2) is 0 Å². The van der Waals surface area contributed by atoms with Gasteiger partial charge in [0.2, 0.25) is 5.91 Å². The average molecular weight is 317 g/mol. The van der Waals surface area contributed by atoms with Gasteiger partial charge in [0, 0.05) is 0 Å². The fraction of sp³-hybridized carbons (Fsp3) is 0.857. The molecule has 1 unspecified atom stereocenters. The van der Waals surface area contributed by atoms with Crippen LogP contribution in [0.3, 0.4) is 0 Å². The molecule has 2 fully saturated rings. The zero-order chi connectivity index (χ0) is 16.3. The van der Waals surface area contributed by atoms with E-state index < -0.39 is 50.6 Å². The second-order valence-corrected chi connectivity index (χ2v) is 9.37. The quantitative estimate of drug-likeness (QED) is 0.589. The standard InChI is InChI=1S/C14H23NO5S/c1-7(16)8-10(17)15-9(12(18)20-13(2,3)4)14(5,6)21(19)11(8)15/h7-9,11,16H,1-6H3/t7-,8-,9+,11-,21?/m1/s1. The number of β-lactam (4-membered cyclic amide) rings is 1. The summed E-state index contributed by atoms with van der Waals surface area (Å²) in [6.07, 6.45) is -0.879. The van der Waals surface area contributed by atoms with Crippen LogP contribution in [0, 0.1) is 5.92 Å². The first-order valence-electron chi connectivity index (χ1n) is 7.03. The maximum absolute atomic E-state index is 12.6. The third-order valence-electron chi connectivity index (χ3n) is 3.95. The second-order valence-electron chi connectivity index (χ2n) is 7.24. The predicted molar refractivity (Wildman–Crippen MR) is 77.7 cm³/mol. The van der Waals surface area contributed by atoms with Crippen LogP contribution in [0.4, 0.5) is 0 Å². The van der Waals surface area contributed by atoms with Gasteiger partial charge in [-0.2, -0.15) is 0 Å². The molecule has 2 aliphatic rings. The van der Waals surface area contributed by atoms with Gasteiger partial charge in [0.05, 0.1) is 27.6 Å². The summed E-state index contributed by atoms with van der Waals surface area (Å²) in [4.78, 5) is 26.0. The number of rotatable bonds is 2. The van der Waals surface area contributed by atoms with Crippen molar-refractivity contribution in [3.05, 3.63) is 0 Å². The Morgan fingerprint density at radius 2 is 1.95 bits per heavy atom. The van der Waals surface area contributed by atoms with Crippen molar-refractivity contribution >= 4 is 22.7 Å². The van der Waals surface area contributed by atoms with Gasteiger partial charge in [-0.25, -0.2) is 4.79 Å². The number of hydrogen-bond donors (Lipinski definition) is 1. The fourth-order valence-electron chi connectivity index (χ4n) is 2.98. The van der Waals surface area contributed by atoms with Crippen molar-refractivity contribution in [2.24, 2.45) is 5.92 Å². The predicted octanol–water partition coefficient (Wildman–Crippen LogP) is 0.403. The number of aliphatic hydroxyl groups is 1. The number of esters is 1. The van der Waals surface area contributed by atoms with Crippen LogP contribution in [0.25, 0.3) is 0 Å². The van der Waals surface area contributed by atoms with E-state index in [2.05, 4.69) is 0 Å². The molecule has 5 atom stereocenters. The van der Waals surface area contributed by atoms with Crippen LogP contribution in [0.5, 0.6) is 0 Å². The number of fused-ring (bicyclic) bond motifs is 1. The molecule has 0 saturated carbocycles. The van der Waals surface area contributed by atoms with Gasteiger partial charge in [0.25, 0.3) is 0 Å². The summed E-state index contributed by atoms with van der Waals surface area (Å²) in [5.41, 5.74) is -0.676. The molecule has 120 valence electrons. The summed E-state index contributed by atoms with van der Waals surface area (Å²) in [6.45, 7) is 10.1. The van der Waals surface area contributed by atoms with Gasteiger partial charge in [-0.3, -0.25) is 9.00 Å². The Morgan fingerprint density at radius 1 is 1.43 bits per heavy atom. The average Bonchev–Trinajstić information content (AvgIpc) is 2.43. The lowest BCUT2D eigenvalue weighted by molar-refractivity contribution is -0.176. The third-order valence-corrected chi connectivity index (χ3v) is 6.16. The molecule has 0 aromatic heterocycles. The number of nitrogens with zero attached hydrogens (tertiary/aromatic N) is 1. The first-order valence-corrected chi connectivity index (χ1v) is 8.24. The van der Waals surface area contributed by atoms with Gasteiger partial charge in [0.1, 0.15) is 17.0 Å². The Bertz CT molecular complexity index is 508. The largest absolute Gasteiger partial charge is 0.458 e. The van der Waals surface area contributed by atoms with E-state index in [-0.39, 0.29) is 5.91 Å². The highest BCUT2D eigenvalue weighted by atomic mass is 32.2. The highest BCUT2D eigenvalue weighted by molar-refractivity contribution is 7.87. The number of amides is 1. The van der Waals surface area contributed by atoms with Crippen molar-refractivity contribution in [2.45, 2.75) is 69.4 Å². The minimum absolute atomic E-state index is 0.329. The number of ether oxygens (including phenoxy) is 1. The summed E-state index contributed by atoms with van der Waals surface area (Å²) in [6, 6.07) is -0.870. The zero-order valence-corrected chi connectivity index (χ0v) is 14.1. The van der Waals surface area contributed by atoms with E-state index in [1.54, 1.807) is 34.6 Å². The molecule has 1 N–H and O–H groups in total. The van der Waals surface area contributed by atoms with E-state index in [0.29, 0.717) is 0 Å². The van der Waals surface area contributed by atoms with Gasteiger partial charge in [-0.1, -0.05) is 0 Å². The molecule has 0 bridgehead atoms. The molecule has 7 heteroatoms. The Labute approximate surface area is 127 Å². The second kappa shape index (κ2) is 4.78. The highest BCUT2D eigenvalue weighted by Gasteiger charge is 2.69. The minimum Gasteiger partial charge on any atom is -0.458 e. The monoisotopic (exact) mass is 317 g/mol. The van der Waals surface area contributed by atoms with Crippen LogP contribution in [0.15, 0.2) is 0 Å². The van der Waals surface area contributed by atoms with Gasteiger partial charge in [-0.15, -0.1) is 0 Å². The molecule has 0 spiro atoms. The Hall–Kier alpha value is -0.950.